The predicted molar refractivity (Wildman–Crippen MR) is 62.8 cm³/mol. The molecule has 6 nitrogen and oxygen atoms in total. The summed E-state index contributed by atoms with van der Waals surface area (Å²) in [6.07, 6.45) is 3.22. The summed E-state index contributed by atoms with van der Waals surface area (Å²) in [5.74, 6) is 1.49. The third kappa shape index (κ3) is 1.73. The van der Waals surface area contributed by atoms with Crippen LogP contribution in [0, 0.1) is 0 Å². The molecule has 0 saturated carbocycles. The minimum atomic E-state index is 0.608. The Morgan fingerprint density at radius 1 is 1.31 bits per heavy atom. The smallest absolute Gasteiger partial charge is 0.185 e. The Morgan fingerprint density at radius 2 is 2.06 bits per heavy atom. The van der Waals surface area contributed by atoms with E-state index < -0.39 is 0 Å². The second kappa shape index (κ2) is 3.88. The molecule has 0 aliphatic rings. The second-order valence-electron chi connectivity index (χ2n) is 3.78. The van der Waals surface area contributed by atoms with E-state index in [1.165, 1.54) is 6.33 Å². The van der Waals surface area contributed by atoms with Crippen LogP contribution in [0.15, 0.2) is 17.6 Å². The summed E-state index contributed by atoms with van der Waals surface area (Å²) in [6.45, 7) is 1.93. The summed E-state index contributed by atoms with van der Waals surface area (Å²) in [5.41, 5.74) is 1.52. The molecule has 0 N–H and O–H groups in total. The highest BCUT2D eigenvalue weighted by Crippen LogP contribution is 2.19. The predicted octanol–water partition coefficient (Wildman–Crippen LogP) is 0.975. The first-order chi connectivity index (χ1) is 7.59. The number of hydrogen-bond donors (Lipinski definition) is 0. The Hall–Kier alpha value is -1.98. The van der Waals surface area contributed by atoms with Crippen molar-refractivity contribution in [2.45, 2.75) is 6.92 Å². The summed E-state index contributed by atoms with van der Waals surface area (Å²) < 4.78 is 1.85. The quantitative estimate of drug-likeness (QED) is 0.528. The lowest BCUT2D eigenvalue weighted by Crippen LogP contribution is -2.17. The zero-order chi connectivity index (χ0) is 11.7. The van der Waals surface area contributed by atoms with Gasteiger partial charge in [0.05, 0.1) is 6.33 Å². The summed E-state index contributed by atoms with van der Waals surface area (Å²) in [7, 11) is 5.78. The van der Waals surface area contributed by atoms with Crippen LogP contribution in [0.1, 0.15) is 6.92 Å². The Kier molecular flexibility index (Phi) is 2.55. The number of aliphatic imine (C=N–C) groups is 1. The number of aromatic nitrogens is 4. The molecule has 0 fully saturated rings. The number of aryl methyl sites for hydroxylation is 1. The van der Waals surface area contributed by atoms with Crippen molar-refractivity contribution >= 4 is 22.8 Å². The van der Waals surface area contributed by atoms with Crippen molar-refractivity contribution in [3.63, 3.8) is 0 Å². The van der Waals surface area contributed by atoms with Gasteiger partial charge in [0.2, 0.25) is 0 Å². The van der Waals surface area contributed by atoms with Gasteiger partial charge in [-0.3, -0.25) is 0 Å². The van der Waals surface area contributed by atoms with E-state index in [1.807, 2.05) is 37.5 Å². The molecular weight excluding hydrogens is 204 g/mol. The minimum absolute atomic E-state index is 0.608. The molecule has 0 aliphatic heterocycles. The van der Waals surface area contributed by atoms with Crippen molar-refractivity contribution in [3.05, 3.63) is 12.7 Å². The molecule has 2 rings (SSSR count). The van der Waals surface area contributed by atoms with E-state index >= 15 is 0 Å². The van der Waals surface area contributed by atoms with Crippen LogP contribution < -0.4 is 0 Å². The topological polar surface area (TPSA) is 59.2 Å². The number of nitrogens with zero attached hydrogens (tertiary/aromatic N) is 6. The summed E-state index contributed by atoms with van der Waals surface area (Å²) >= 11 is 0. The van der Waals surface area contributed by atoms with Crippen molar-refractivity contribution in [3.8, 4) is 0 Å². The fourth-order valence-electron chi connectivity index (χ4n) is 1.27. The van der Waals surface area contributed by atoms with E-state index in [-0.39, 0.29) is 0 Å². The molecule has 2 aromatic rings. The van der Waals surface area contributed by atoms with E-state index in [0.717, 1.165) is 17.0 Å². The van der Waals surface area contributed by atoms with E-state index in [2.05, 4.69) is 19.9 Å². The van der Waals surface area contributed by atoms with Gasteiger partial charge in [0.25, 0.3) is 0 Å². The summed E-state index contributed by atoms with van der Waals surface area (Å²) in [6, 6.07) is 0. The average molecular weight is 218 g/mol. The van der Waals surface area contributed by atoms with Gasteiger partial charge in [0.15, 0.2) is 17.0 Å². The zero-order valence-corrected chi connectivity index (χ0v) is 9.84. The third-order valence-electron chi connectivity index (χ3n) is 2.39. The van der Waals surface area contributed by atoms with Crippen LogP contribution in [0.3, 0.4) is 0 Å². The molecule has 0 amide bonds. The first-order valence-corrected chi connectivity index (χ1v) is 4.94. The molecule has 0 spiro atoms. The van der Waals surface area contributed by atoms with Crippen LogP contribution in [0.5, 0.6) is 0 Å². The van der Waals surface area contributed by atoms with Crippen LogP contribution in [0.2, 0.25) is 0 Å². The van der Waals surface area contributed by atoms with Crippen molar-refractivity contribution in [1.29, 1.82) is 0 Å². The monoisotopic (exact) mass is 218 g/mol. The van der Waals surface area contributed by atoms with Gasteiger partial charge >= 0.3 is 0 Å². The molecule has 16 heavy (non-hydrogen) atoms. The van der Waals surface area contributed by atoms with Gasteiger partial charge in [0, 0.05) is 21.1 Å². The Bertz CT molecular complexity index is 539. The Balaban J connectivity index is 2.57. The fraction of sp³-hybridized carbons (Fsp3) is 0.400. The summed E-state index contributed by atoms with van der Waals surface area (Å²) in [4.78, 5) is 18.9. The maximum atomic E-state index is 4.42. The molecule has 0 atom stereocenters. The molecule has 0 bridgehead atoms. The Labute approximate surface area is 93.7 Å². The molecule has 0 aliphatic carbocycles. The lowest BCUT2D eigenvalue weighted by atomic mass is 10.5. The van der Waals surface area contributed by atoms with E-state index in [0.29, 0.717) is 5.82 Å². The molecular formula is C10H14N6. The highest BCUT2D eigenvalue weighted by molar-refractivity contribution is 5.88. The Morgan fingerprint density at radius 3 is 2.75 bits per heavy atom. The molecule has 0 saturated heterocycles. The standard InChI is InChI=1S/C10H14N6/c1-7(15(2)3)14-9-8-10(12-5-11-9)16(4)6-13-8/h5-6H,1-4H3/b14-7-. The maximum absolute atomic E-state index is 4.42. The highest BCUT2D eigenvalue weighted by atomic mass is 15.2. The molecule has 84 valence electrons. The average Bonchev–Trinajstić information content (AvgIpc) is 2.62. The fourth-order valence-corrected chi connectivity index (χ4v) is 1.27. The third-order valence-corrected chi connectivity index (χ3v) is 2.39. The van der Waals surface area contributed by atoms with Gasteiger partial charge in [-0.2, -0.15) is 0 Å². The second-order valence-corrected chi connectivity index (χ2v) is 3.78. The molecule has 2 heterocycles. The molecule has 0 radical (unpaired) electrons. The van der Waals surface area contributed by atoms with Gasteiger partial charge in [-0.1, -0.05) is 0 Å². The molecule has 0 aromatic carbocycles. The first-order valence-electron chi connectivity index (χ1n) is 4.94. The number of hydrogen-bond acceptors (Lipinski definition) is 4. The van der Waals surface area contributed by atoms with Crippen LogP contribution >= 0.6 is 0 Å². The van der Waals surface area contributed by atoms with Crippen LogP contribution in [0.4, 0.5) is 5.82 Å². The minimum Gasteiger partial charge on any atom is -0.366 e. The number of rotatable bonds is 1. The SMILES string of the molecule is C/C(=N/c1ncnc2c1ncn2C)N(C)C. The number of fused-ring (bicyclic) bond motifs is 1. The highest BCUT2D eigenvalue weighted by Gasteiger charge is 2.07. The number of imidazole rings is 1. The van der Waals surface area contributed by atoms with E-state index in [9.17, 15) is 0 Å². The van der Waals surface area contributed by atoms with Gasteiger partial charge in [-0.25, -0.2) is 19.9 Å². The first kappa shape index (κ1) is 10.5. The van der Waals surface area contributed by atoms with Gasteiger partial charge in [0.1, 0.15) is 12.2 Å². The summed E-state index contributed by atoms with van der Waals surface area (Å²) in [5, 5.41) is 0. The van der Waals surface area contributed by atoms with Crippen molar-refractivity contribution in [2.75, 3.05) is 14.1 Å². The zero-order valence-electron chi connectivity index (χ0n) is 9.84. The maximum Gasteiger partial charge on any atom is 0.185 e. The molecule has 6 heteroatoms. The van der Waals surface area contributed by atoms with E-state index in [4.69, 9.17) is 0 Å². The van der Waals surface area contributed by atoms with Crippen LogP contribution in [0.25, 0.3) is 11.2 Å². The number of amidine groups is 1. The van der Waals surface area contributed by atoms with Crippen LogP contribution in [-0.2, 0) is 7.05 Å². The van der Waals surface area contributed by atoms with Crippen LogP contribution in [-0.4, -0.2) is 44.3 Å². The lowest BCUT2D eigenvalue weighted by molar-refractivity contribution is 0.618. The van der Waals surface area contributed by atoms with Crippen molar-refractivity contribution < 1.29 is 0 Å². The van der Waals surface area contributed by atoms with E-state index in [1.54, 1.807) is 6.33 Å². The van der Waals surface area contributed by atoms with Crippen molar-refractivity contribution in [2.24, 2.45) is 12.0 Å². The van der Waals surface area contributed by atoms with Gasteiger partial charge in [-0.05, 0) is 6.92 Å². The molecule has 2 aromatic heterocycles. The van der Waals surface area contributed by atoms with Gasteiger partial charge in [-0.15, -0.1) is 0 Å². The van der Waals surface area contributed by atoms with Crippen molar-refractivity contribution in [1.82, 2.24) is 24.4 Å². The van der Waals surface area contributed by atoms with Gasteiger partial charge < -0.3 is 9.47 Å². The lowest BCUT2D eigenvalue weighted by Gasteiger charge is -2.10. The largest absolute Gasteiger partial charge is 0.366 e. The normalized spacial score (nSPS) is 12.1. The molecule has 0 unspecified atom stereocenters.